The van der Waals surface area contributed by atoms with E-state index in [1.807, 2.05) is 31.2 Å². The van der Waals surface area contributed by atoms with Crippen molar-refractivity contribution in [3.05, 3.63) is 99.7 Å². The molecule has 0 saturated carbocycles. The third kappa shape index (κ3) is 5.43. The number of ether oxygens (including phenoxy) is 2. The molecular formula is C26H22FNO4S. The summed E-state index contributed by atoms with van der Waals surface area (Å²) in [5, 5.41) is -0.361. The van der Waals surface area contributed by atoms with Crippen LogP contribution in [-0.2, 0) is 17.9 Å². The van der Waals surface area contributed by atoms with E-state index in [0.717, 1.165) is 22.2 Å². The van der Waals surface area contributed by atoms with Crippen LogP contribution in [-0.4, -0.2) is 23.2 Å². The molecule has 0 aromatic heterocycles. The van der Waals surface area contributed by atoms with Crippen molar-refractivity contribution < 1.29 is 23.5 Å². The van der Waals surface area contributed by atoms with Crippen LogP contribution in [0.3, 0.4) is 0 Å². The highest BCUT2D eigenvalue weighted by molar-refractivity contribution is 8.18. The van der Waals surface area contributed by atoms with Gasteiger partial charge in [0.2, 0.25) is 0 Å². The van der Waals surface area contributed by atoms with Crippen LogP contribution in [0, 0.1) is 12.7 Å². The highest BCUT2D eigenvalue weighted by Gasteiger charge is 2.35. The van der Waals surface area contributed by atoms with Gasteiger partial charge in [-0.05, 0) is 65.7 Å². The fourth-order valence-electron chi connectivity index (χ4n) is 3.30. The smallest absolute Gasteiger partial charge is 0.293 e. The number of carbonyl (C=O) groups excluding carboxylic acids is 2. The number of nitrogens with zero attached hydrogens (tertiary/aromatic N) is 1. The number of imide groups is 1. The van der Waals surface area contributed by atoms with Crippen molar-refractivity contribution in [1.82, 2.24) is 4.90 Å². The van der Waals surface area contributed by atoms with Gasteiger partial charge in [-0.15, -0.1) is 0 Å². The van der Waals surface area contributed by atoms with E-state index in [1.54, 1.807) is 43.5 Å². The zero-order valence-corrected chi connectivity index (χ0v) is 19.0. The molecule has 4 rings (SSSR count). The summed E-state index contributed by atoms with van der Waals surface area (Å²) in [5.74, 6) is 0.363. The van der Waals surface area contributed by atoms with Crippen LogP contribution in [0.25, 0.3) is 6.08 Å². The molecule has 0 atom stereocenters. The molecule has 0 bridgehead atoms. The van der Waals surface area contributed by atoms with Gasteiger partial charge in [0.15, 0.2) is 11.5 Å². The summed E-state index contributed by atoms with van der Waals surface area (Å²) in [6, 6.07) is 19.2. The Kier molecular flexibility index (Phi) is 6.79. The first-order chi connectivity index (χ1) is 15.9. The van der Waals surface area contributed by atoms with Crippen LogP contribution < -0.4 is 9.47 Å². The minimum Gasteiger partial charge on any atom is -0.493 e. The van der Waals surface area contributed by atoms with Gasteiger partial charge in [-0.1, -0.05) is 48.0 Å². The number of halogens is 1. The van der Waals surface area contributed by atoms with Crippen LogP contribution in [0.15, 0.2) is 71.6 Å². The summed E-state index contributed by atoms with van der Waals surface area (Å²) in [4.78, 5) is 26.6. The van der Waals surface area contributed by atoms with Crippen LogP contribution in [0.4, 0.5) is 9.18 Å². The molecule has 5 nitrogen and oxygen atoms in total. The minimum atomic E-state index is -0.381. The molecule has 0 N–H and O–H groups in total. The van der Waals surface area contributed by atoms with E-state index >= 15 is 0 Å². The molecule has 33 heavy (non-hydrogen) atoms. The maximum absolute atomic E-state index is 13.1. The van der Waals surface area contributed by atoms with E-state index < -0.39 is 0 Å². The zero-order valence-electron chi connectivity index (χ0n) is 18.2. The van der Waals surface area contributed by atoms with Crippen LogP contribution in [0.1, 0.15) is 22.3 Å². The summed E-state index contributed by atoms with van der Waals surface area (Å²) >= 11 is 0.878. The summed E-state index contributed by atoms with van der Waals surface area (Å²) in [6.07, 6.45) is 1.65. The number of hydrogen-bond donors (Lipinski definition) is 0. The van der Waals surface area contributed by atoms with E-state index in [9.17, 15) is 14.0 Å². The lowest BCUT2D eigenvalue weighted by molar-refractivity contribution is -0.123. The van der Waals surface area contributed by atoms with Crippen molar-refractivity contribution >= 4 is 29.0 Å². The predicted octanol–water partition coefficient (Wildman–Crippen LogP) is 5.96. The fraction of sp³-hybridized carbons (Fsp3) is 0.154. The number of rotatable bonds is 7. The maximum atomic E-state index is 13.1. The molecule has 1 aliphatic rings. The van der Waals surface area contributed by atoms with Gasteiger partial charge < -0.3 is 9.47 Å². The molecule has 0 aliphatic carbocycles. The molecule has 3 aromatic rings. The highest BCUT2D eigenvalue weighted by Crippen LogP contribution is 2.35. The topological polar surface area (TPSA) is 55.8 Å². The largest absolute Gasteiger partial charge is 0.493 e. The van der Waals surface area contributed by atoms with Gasteiger partial charge in [0, 0.05) is 0 Å². The maximum Gasteiger partial charge on any atom is 0.293 e. The van der Waals surface area contributed by atoms with Crippen molar-refractivity contribution in [3.8, 4) is 11.5 Å². The van der Waals surface area contributed by atoms with Gasteiger partial charge in [-0.3, -0.25) is 14.5 Å². The van der Waals surface area contributed by atoms with Gasteiger partial charge >= 0.3 is 0 Å². The van der Waals surface area contributed by atoms with Crippen LogP contribution >= 0.6 is 11.8 Å². The van der Waals surface area contributed by atoms with Gasteiger partial charge in [0.1, 0.15) is 12.4 Å². The lowest BCUT2D eigenvalue weighted by Gasteiger charge is -2.12. The second-order valence-corrected chi connectivity index (χ2v) is 8.57. The second-order valence-electron chi connectivity index (χ2n) is 7.58. The molecular weight excluding hydrogens is 441 g/mol. The van der Waals surface area contributed by atoms with E-state index in [4.69, 9.17) is 9.47 Å². The van der Waals surface area contributed by atoms with Gasteiger partial charge in [-0.2, -0.15) is 0 Å². The highest BCUT2D eigenvalue weighted by atomic mass is 32.2. The lowest BCUT2D eigenvalue weighted by atomic mass is 10.1. The Morgan fingerprint density at radius 1 is 0.939 bits per heavy atom. The van der Waals surface area contributed by atoms with E-state index in [2.05, 4.69) is 0 Å². The average molecular weight is 464 g/mol. The molecule has 3 aromatic carbocycles. The number of carbonyl (C=O) groups is 2. The minimum absolute atomic E-state index is 0.0946. The number of thioether (sulfide) groups is 1. The number of methoxy groups -OCH3 is 1. The number of aryl methyl sites for hydroxylation is 1. The van der Waals surface area contributed by atoms with Crippen LogP contribution in [0.5, 0.6) is 11.5 Å². The van der Waals surface area contributed by atoms with Gasteiger partial charge in [0.05, 0.1) is 18.6 Å². The number of amides is 2. The predicted molar refractivity (Wildman–Crippen MR) is 126 cm³/mol. The van der Waals surface area contributed by atoms with E-state index in [1.165, 1.54) is 17.7 Å². The molecule has 7 heteroatoms. The quantitative estimate of drug-likeness (QED) is 0.405. The monoisotopic (exact) mass is 463 g/mol. The molecule has 1 heterocycles. The van der Waals surface area contributed by atoms with Crippen molar-refractivity contribution in [2.45, 2.75) is 20.1 Å². The van der Waals surface area contributed by atoms with Gasteiger partial charge in [-0.25, -0.2) is 4.39 Å². The Morgan fingerprint density at radius 2 is 1.64 bits per heavy atom. The Morgan fingerprint density at radius 3 is 2.33 bits per heavy atom. The van der Waals surface area contributed by atoms with E-state index in [-0.39, 0.29) is 23.5 Å². The molecule has 168 valence electrons. The number of hydrogen-bond acceptors (Lipinski definition) is 5. The Labute approximate surface area is 195 Å². The SMILES string of the molecule is COc1cc(C=C2SC(=O)N(Cc3ccc(F)cc3)C2=O)ccc1OCc1ccc(C)cc1. The lowest BCUT2D eigenvalue weighted by Crippen LogP contribution is -2.27. The van der Waals surface area contributed by atoms with Crippen molar-refractivity contribution in [2.75, 3.05) is 7.11 Å². The fourth-order valence-corrected chi connectivity index (χ4v) is 4.14. The summed E-state index contributed by atoms with van der Waals surface area (Å²) < 4.78 is 24.5. The molecule has 0 spiro atoms. The third-order valence-corrected chi connectivity index (χ3v) is 6.04. The molecule has 0 radical (unpaired) electrons. The van der Waals surface area contributed by atoms with Crippen molar-refractivity contribution in [1.29, 1.82) is 0 Å². The number of benzene rings is 3. The molecule has 1 saturated heterocycles. The van der Waals surface area contributed by atoms with E-state index in [0.29, 0.717) is 34.1 Å². The first-order valence-corrected chi connectivity index (χ1v) is 11.1. The summed E-state index contributed by atoms with van der Waals surface area (Å²) in [5.41, 5.74) is 3.61. The van der Waals surface area contributed by atoms with Crippen LogP contribution in [0.2, 0.25) is 0 Å². The summed E-state index contributed by atoms with van der Waals surface area (Å²) in [6.45, 7) is 2.53. The molecule has 0 unspecified atom stereocenters. The third-order valence-electron chi connectivity index (χ3n) is 5.13. The van der Waals surface area contributed by atoms with Gasteiger partial charge in [0.25, 0.3) is 11.1 Å². The molecule has 1 fully saturated rings. The first-order valence-electron chi connectivity index (χ1n) is 10.3. The normalized spacial score (nSPS) is 14.8. The van der Waals surface area contributed by atoms with Crippen molar-refractivity contribution in [2.24, 2.45) is 0 Å². The summed E-state index contributed by atoms with van der Waals surface area (Å²) in [7, 11) is 1.55. The second kappa shape index (κ2) is 9.92. The standard InChI is InChI=1S/C26H22FNO4S/c1-17-3-5-19(6-4-17)16-32-22-12-9-20(13-23(22)31-2)14-24-25(29)28(26(30)33-24)15-18-7-10-21(27)11-8-18/h3-14H,15-16H2,1-2H3. The van der Waals surface area contributed by atoms with Crippen molar-refractivity contribution in [3.63, 3.8) is 0 Å². The Bertz CT molecular complexity index is 1210. The Hall–Kier alpha value is -3.58. The molecule has 2 amide bonds. The zero-order chi connectivity index (χ0) is 23.4. The first kappa shape index (κ1) is 22.6. The average Bonchev–Trinajstić information content (AvgIpc) is 3.07. The molecule has 1 aliphatic heterocycles. The Balaban J connectivity index is 1.47.